The molecular formula is C11H8BrNO2. The summed E-state index contributed by atoms with van der Waals surface area (Å²) in [6.07, 6.45) is 4.50. The Kier molecular flexibility index (Phi) is 2.60. The summed E-state index contributed by atoms with van der Waals surface area (Å²) < 4.78 is 0.991. The topological polar surface area (TPSA) is 53.1 Å². The van der Waals surface area contributed by atoms with E-state index in [0.717, 1.165) is 27.0 Å². The van der Waals surface area contributed by atoms with Gasteiger partial charge in [0.05, 0.1) is 0 Å². The van der Waals surface area contributed by atoms with Gasteiger partial charge in [0.1, 0.15) is 0 Å². The number of carbonyl (C=O) groups is 1. The van der Waals surface area contributed by atoms with Gasteiger partial charge in [0.25, 0.3) is 0 Å². The molecular weight excluding hydrogens is 258 g/mol. The maximum Gasteiger partial charge on any atom is 0.328 e. The number of carboxylic acid groups (broad SMARTS) is 1. The molecule has 0 unspecified atom stereocenters. The van der Waals surface area contributed by atoms with Crippen molar-refractivity contribution >= 4 is 38.9 Å². The van der Waals surface area contributed by atoms with Crippen molar-refractivity contribution in [1.82, 2.24) is 4.98 Å². The number of aromatic nitrogens is 1. The standard InChI is InChI=1S/C11H8BrNO2/c12-8-2-3-9-7(1-4-11(14)15)6-13-10(9)5-8/h1-6,13H,(H,14,15). The van der Waals surface area contributed by atoms with Gasteiger partial charge >= 0.3 is 5.97 Å². The Morgan fingerprint density at radius 3 is 3.00 bits per heavy atom. The van der Waals surface area contributed by atoms with Crippen molar-refractivity contribution in [1.29, 1.82) is 0 Å². The molecule has 0 amide bonds. The number of nitrogens with one attached hydrogen (secondary N) is 1. The average Bonchev–Trinajstić information content (AvgIpc) is 2.57. The average molecular weight is 266 g/mol. The van der Waals surface area contributed by atoms with Crippen LogP contribution < -0.4 is 0 Å². The number of rotatable bonds is 2. The molecule has 0 radical (unpaired) electrons. The van der Waals surface area contributed by atoms with Gasteiger partial charge in [-0.05, 0) is 18.2 Å². The summed E-state index contributed by atoms with van der Waals surface area (Å²) in [4.78, 5) is 13.5. The van der Waals surface area contributed by atoms with Gasteiger partial charge in [-0.15, -0.1) is 0 Å². The third-order valence-corrected chi connectivity index (χ3v) is 2.57. The fourth-order valence-corrected chi connectivity index (χ4v) is 1.78. The quantitative estimate of drug-likeness (QED) is 0.821. The Labute approximate surface area is 94.6 Å². The van der Waals surface area contributed by atoms with Crippen molar-refractivity contribution in [2.24, 2.45) is 0 Å². The molecule has 1 heterocycles. The molecule has 0 fully saturated rings. The minimum absolute atomic E-state index is 0.875. The zero-order valence-corrected chi connectivity index (χ0v) is 9.28. The summed E-state index contributed by atoms with van der Waals surface area (Å²) in [7, 11) is 0. The SMILES string of the molecule is O=C(O)C=Cc1c[nH]c2cc(Br)ccc12. The second-order valence-corrected chi connectivity index (χ2v) is 4.02. The smallest absolute Gasteiger partial charge is 0.328 e. The van der Waals surface area contributed by atoms with E-state index in [1.165, 1.54) is 0 Å². The van der Waals surface area contributed by atoms with Crippen LogP contribution in [0.15, 0.2) is 34.9 Å². The van der Waals surface area contributed by atoms with Gasteiger partial charge in [0.15, 0.2) is 0 Å². The van der Waals surface area contributed by atoms with Crippen molar-refractivity contribution < 1.29 is 9.90 Å². The lowest BCUT2D eigenvalue weighted by Gasteiger charge is -1.92. The van der Waals surface area contributed by atoms with Crippen molar-refractivity contribution in [3.05, 3.63) is 40.5 Å². The second kappa shape index (κ2) is 3.90. The normalized spacial score (nSPS) is 11.3. The van der Waals surface area contributed by atoms with Crippen molar-refractivity contribution in [2.75, 3.05) is 0 Å². The molecule has 1 aromatic carbocycles. The van der Waals surface area contributed by atoms with E-state index in [1.54, 1.807) is 12.3 Å². The number of fused-ring (bicyclic) bond motifs is 1. The van der Waals surface area contributed by atoms with E-state index < -0.39 is 5.97 Å². The second-order valence-electron chi connectivity index (χ2n) is 3.11. The third kappa shape index (κ3) is 2.10. The molecule has 3 nitrogen and oxygen atoms in total. The summed E-state index contributed by atoms with van der Waals surface area (Å²) in [5.74, 6) is -0.943. The maximum absolute atomic E-state index is 10.4. The van der Waals surface area contributed by atoms with Crippen LogP contribution in [0.1, 0.15) is 5.56 Å². The van der Waals surface area contributed by atoms with Crippen LogP contribution in [0.5, 0.6) is 0 Å². The number of hydrogen-bond donors (Lipinski definition) is 2. The van der Waals surface area contributed by atoms with E-state index in [9.17, 15) is 4.79 Å². The molecule has 15 heavy (non-hydrogen) atoms. The first-order valence-corrected chi connectivity index (χ1v) is 5.14. The van der Waals surface area contributed by atoms with E-state index in [1.807, 2.05) is 18.2 Å². The van der Waals surface area contributed by atoms with Crippen LogP contribution in [-0.2, 0) is 4.79 Å². The molecule has 0 aliphatic rings. The van der Waals surface area contributed by atoms with Gasteiger partial charge in [-0.2, -0.15) is 0 Å². The van der Waals surface area contributed by atoms with E-state index in [-0.39, 0.29) is 0 Å². The van der Waals surface area contributed by atoms with Gasteiger partial charge < -0.3 is 10.1 Å². The number of aromatic amines is 1. The predicted molar refractivity (Wildman–Crippen MR) is 62.7 cm³/mol. The molecule has 4 heteroatoms. The lowest BCUT2D eigenvalue weighted by atomic mass is 10.1. The lowest BCUT2D eigenvalue weighted by molar-refractivity contribution is -0.131. The number of carboxylic acids is 1. The number of benzene rings is 1. The summed E-state index contributed by atoms with van der Waals surface area (Å²) in [5.41, 5.74) is 1.86. The third-order valence-electron chi connectivity index (χ3n) is 2.08. The van der Waals surface area contributed by atoms with E-state index in [2.05, 4.69) is 20.9 Å². The Hall–Kier alpha value is -1.55. The molecule has 0 saturated carbocycles. The van der Waals surface area contributed by atoms with Crippen molar-refractivity contribution in [3.8, 4) is 0 Å². The highest BCUT2D eigenvalue weighted by Gasteiger charge is 2.01. The van der Waals surface area contributed by atoms with Crippen molar-refractivity contribution in [3.63, 3.8) is 0 Å². The molecule has 0 aliphatic carbocycles. The Morgan fingerprint density at radius 1 is 1.47 bits per heavy atom. The highest BCUT2D eigenvalue weighted by Crippen LogP contribution is 2.23. The van der Waals surface area contributed by atoms with Crippen LogP contribution in [0.25, 0.3) is 17.0 Å². The first kappa shape index (κ1) is 9.98. The monoisotopic (exact) mass is 265 g/mol. The molecule has 0 bridgehead atoms. The fraction of sp³-hybridized carbons (Fsp3) is 0. The summed E-state index contributed by atoms with van der Waals surface area (Å²) >= 11 is 3.37. The molecule has 2 aromatic rings. The van der Waals surface area contributed by atoms with Crippen LogP contribution >= 0.6 is 15.9 Å². The molecule has 0 atom stereocenters. The molecule has 0 saturated heterocycles. The van der Waals surface area contributed by atoms with Crippen LogP contribution in [0.4, 0.5) is 0 Å². The molecule has 2 rings (SSSR count). The lowest BCUT2D eigenvalue weighted by Crippen LogP contribution is -1.84. The number of aliphatic carboxylic acids is 1. The van der Waals surface area contributed by atoms with Gasteiger partial charge in [-0.3, -0.25) is 0 Å². The van der Waals surface area contributed by atoms with Gasteiger partial charge in [0, 0.05) is 33.2 Å². The first-order chi connectivity index (χ1) is 7.16. The Bertz CT molecular complexity index is 543. The first-order valence-electron chi connectivity index (χ1n) is 4.34. The zero-order valence-electron chi connectivity index (χ0n) is 7.70. The molecule has 2 N–H and O–H groups in total. The predicted octanol–water partition coefficient (Wildman–Crippen LogP) is 3.03. The summed E-state index contributed by atoms with van der Waals surface area (Å²) in [5, 5.41) is 9.53. The maximum atomic E-state index is 10.4. The minimum atomic E-state index is -0.943. The van der Waals surface area contributed by atoms with E-state index in [4.69, 9.17) is 5.11 Å². The van der Waals surface area contributed by atoms with Gasteiger partial charge in [0.2, 0.25) is 0 Å². The molecule has 76 valence electrons. The Balaban J connectivity index is 2.50. The highest BCUT2D eigenvalue weighted by atomic mass is 79.9. The molecule has 0 spiro atoms. The van der Waals surface area contributed by atoms with E-state index >= 15 is 0 Å². The van der Waals surface area contributed by atoms with Crippen molar-refractivity contribution in [2.45, 2.75) is 0 Å². The minimum Gasteiger partial charge on any atom is -0.478 e. The van der Waals surface area contributed by atoms with Crippen LogP contribution in [0.3, 0.4) is 0 Å². The van der Waals surface area contributed by atoms with Crippen LogP contribution in [-0.4, -0.2) is 16.1 Å². The fourth-order valence-electron chi connectivity index (χ4n) is 1.42. The largest absolute Gasteiger partial charge is 0.478 e. The van der Waals surface area contributed by atoms with Gasteiger partial charge in [-0.25, -0.2) is 4.79 Å². The van der Waals surface area contributed by atoms with Crippen LogP contribution in [0, 0.1) is 0 Å². The summed E-state index contributed by atoms with van der Waals surface area (Å²) in [6, 6.07) is 5.82. The molecule has 0 aliphatic heterocycles. The van der Waals surface area contributed by atoms with Crippen LogP contribution in [0.2, 0.25) is 0 Å². The zero-order chi connectivity index (χ0) is 10.8. The molecule has 1 aromatic heterocycles. The Morgan fingerprint density at radius 2 is 2.27 bits per heavy atom. The summed E-state index contributed by atoms with van der Waals surface area (Å²) in [6.45, 7) is 0. The van der Waals surface area contributed by atoms with E-state index in [0.29, 0.717) is 0 Å². The van der Waals surface area contributed by atoms with Gasteiger partial charge in [-0.1, -0.05) is 22.0 Å². The number of H-pyrrole nitrogens is 1. The number of halogens is 1. The highest BCUT2D eigenvalue weighted by molar-refractivity contribution is 9.10. The number of hydrogen-bond acceptors (Lipinski definition) is 1.